The molecular weight excluding hydrogens is 160 g/mol. The van der Waals surface area contributed by atoms with E-state index in [4.69, 9.17) is 0 Å². The van der Waals surface area contributed by atoms with E-state index in [0.717, 1.165) is 25.3 Å². The average molecular weight is 186 g/mol. The maximum absolute atomic E-state index is 3.87. The third kappa shape index (κ3) is 9.41. The summed E-state index contributed by atoms with van der Waals surface area (Å²) in [5.74, 6) is 0. The lowest BCUT2D eigenvalue weighted by molar-refractivity contribution is 0.297. The summed E-state index contributed by atoms with van der Waals surface area (Å²) in [5.41, 5.74) is 1.13. The largest absolute Gasteiger partial charge is 0.377 e. The van der Waals surface area contributed by atoms with Gasteiger partial charge in [0.15, 0.2) is 0 Å². The third-order valence-electron chi connectivity index (χ3n) is 2.01. The van der Waals surface area contributed by atoms with Gasteiger partial charge in [0.2, 0.25) is 0 Å². The van der Waals surface area contributed by atoms with Crippen LogP contribution >= 0.6 is 0 Å². The third-order valence-corrected chi connectivity index (χ3v) is 2.01. The summed E-state index contributed by atoms with van der Waals surface area (Å²) < 4.78 is 0. The van der Waals surface area contributed by atoms with Crippen molar-refractivity contribution < 1.29 is 0 Å². The topological polar surface area (TPSA) is 6.48 Å². The molecule has 0 aromatic rings. The van der Waals surface area contributed by atoms with Gasteiger partial charge in [-0.05, 0) is 20.5 Å². The molecule has 0 aliphatic heterocycles. The van der Waals surface area contributed by atoms with Crippen LogP contribution in [0.15, 0.2) is 12.3 Å². The van der Waals surface area contributed by atoms with Gasteiger partial charge in [-0.25, -0.2) is 0 Å². The summed E-state index contributed by atoms with van der Waals surface area (Å²) in [5, 5.41) is 0. The van der Waals surface area contributed by atoms with Crippen LogP contribution in [-0.2, 0) is 0 Å². The van der Waals surface area contributed by atoms with Crippen molar-refractivity contribution in [3.63, 3.8) is 0 Å². The molecule has 2 heteroatoms. The molecule has 0 rings (SSSR count). The van der Waals surface area contributed by atoms with Crippen LogP contribution in [0, 0.1) is 0 Å². The molecular formula is C11H26N2. The van der Waals surface area contributed by atoms with E-state index in [9.17, 15) is 0 Å². The second kappa shape index (κ2) is 9.59. The lowest BCUT2D eigenvalue weighted by atomic mass is 10.4. The molecule has 0 aliphatic carbocycles. The van der Waals surface area contributed by atoms with E-state index in [2.05, 4.69) is 37.4 Å². The van der Waals surface area contributed by atoms with Crippen LogP contribution in [0.4, 0.5) is 0 Å². The van der Waals surface area contributed by atoms with E-state index in [1.807, 2.05) is 20.8 Å². The Morgan fingerprint density at radius 3 is 1.92 bits per heavy atom. The molecule has 13 heavy (non-hydrogen) atoms. The summed E-state index contributed by atoms with van der Waals surface area (Å²) in [6, 6.07) is 0. The van der Waals surface area contributed by atoms with Gasteiger partial charge in [-0.1, -0.05) is 27.4 Å². The first-order valence-corrected chi connectivity index (χ1v) is 5.13. The lowest BCUT2D eigenvalue weighted by Gasteiger charge is -2.22. The van der Waals surface area contributed by atoms with Crippen molar-refractivity contribution in [1.82, 2.24) is 9.80 Å². The molecule has 0 radical (unpaired) electrons. The zero-order valence-electron chi connectivity index (χ0n) is 10.2. The van der Waals surface area contributed by atoms with E-state index in [-0.39, 0.29) is 0 Å². The number of hydrogen-bond donors (Lipinski definition) is 0. The van der Waals surface area contributed by atoms with E-state index in [0.29, 0.717) is 0 Å². The lowest BCUT2D eigenvalue weighted by Crippen LogP contribution is -2.29. The van der Waals surface area contributed by atoms with Crippen molar-refractivity contribution in [2.75, 3.05) is 33.7 Å². The normalized spacial score (nSPS) is 9.15. The summed E-state index contributed by atoms with van der Waals surface area (Å²) in [6.07, 6.45) is 0. The molecule has 0 spiro atoms. The van der Waals surface area contributed by atoms with Crippen LogP contribution in [0.5, 0.6) is 0 Å². The van der Waals surface area contributed by atoms with Gasteiger partial charge in [-0.15, -0.1) is 0 Å². The van der Waals surface area contributed by atoms with E-state index < -0.39 is 0 Å². The van der Waals surface area contributed by atoms with E-state index >= 15 is 0 Å². The minimum absolute atomic E-state index is 1.07. The Balaban J connectivity index is 0. The summed E-state index contributed by atoms with van der Waals surface area (Å²) in [7, 11) is 4.21. The zero-order chi connectivity index (χ0) is 10.9. The van der Waals surface area contributed by atoms with Crippen molar-refractivity contribution in [2.24, 2.45) is 0 Å². The molecule has 0 fully saturated rings. The Kier molecular flexibility index (Phi) is 11.1. The fourth-order valence-electron chi connectivity index (χ4n) is 0.670. The fraction of sp³-hybridized carbons (Fsp3) is 0.818. The van der Waals surface area contributed by atoms with Crippen LogP contribution < -0.4 is 0 Å². The molecule has 0 unspecified atom stereocenters. The highest BCUT2D eigenvalue weighted by Gasteiger charge is 1.98. The summed E-state index contributed by atoms with van der Waals surface area (Å²) in [4.78, 5) is 4.46. The first-order chi connectivity index (χ1) is 6.07. The van der Waals surface area contributed by atoms with Gasteiger partial charge < -0.3 is 9.80 Å². The number of rotatable bonds is 5. The molecule has 0 aliphatic rings. The molecule has 0 amide bonds. The molecule has 0 saturated heterocycles. The monoisotopic (exact) mass is 186 g/mol. The molecule has 0 bridgehead atoms. The first-order valence-electron chi connectivity index (χ1n) is 5.13. The van der Waals surface area contributed by atoms with Crippen molar-refractivity contribution in [2.45, 2.75) is 27.7 Å². The van der Waals surface area contributed by atoms with Crippen molar-refractivity contribution >= 4 is 0 Å². The molecule has 2 nitrogen and oxygen atoms in total. The highest BCUT2D eigenvalue weighted by molar-refractivity contribution is 4.86. The van der Waals surface area contributed by atoms with Crippen LogP contribution in [0.3, 0.4) is 0 Å². The quantitative estimate of drug-likeness (QED) is 0.650. The van der Waals surface area contributed by atoms with Crippen LogP contribution in [0.2, 0.25) is 0 Å². The summed E-state index contributed by atoms with van der Waals surface area (Å²) in [6.45, 7) is 15.4. The number of likely N-dealkylation sites (N-methyl/N-ethyl adjacent to an activating group) is 2. The van der Waals surface area contributed by atoms with Crippen molar-refractivity contribution in [1.29, 1.82) is 0 Å². The second-order valence-electron chi connectivity index (χ2n) is 3.05. The average Bonchev–Trinajstić information content (AvgIpc) is 2.16. The van der Waals surface area contributed by atoms with Crippen LogP contribution in [0.1, 0.15) is 27.7 Å². The highest BCUT2D eigenvalue weighted by Crippen LogP contribution is 1.94. The van der Waals surface area contributed by atoms with Gasteiger partial charge in [0, 0.05) is 25.8 Å². The Labute approximate surface area is 84.2 Å². The SMILES string of the molecule is C=C(C)N(C)CCN(C)CC.CC. The summed E-state index contributed by atoms with van der Waals surface area (Å²) >= 11 is 0. The molecule has 0 aromatic carbocycles. The maximum atomic E-state index is 3.87. The minimum atomic E-state index is 1.07. The van der Waals surface area contributed by atoms with Gasteiger partial charge in [0.05, 0.1) is 0 Å². The van der Waals surface area contributed by atoms with Crippen LogP contribution in [0.25, 0.3) is 0 Å². The number of nitrogens with zero attached hydrogens (tertiary/aromatic N) is 2. The standard InChI is InChI=1S/C9H20N2.C2H6/c1-6-10(4)7-8-11(5)9(2)3;1-2/h2,6-8H2,1,3-5H3;1-2H3. The van der Waals surface area contributed by atoms with Gasteiger partial charge in [0.1, 0.15) is 0 Å². The van der Waals surface area contributed by atoms with E-state index in [1.165, 1.54) is 0 Å². The number of hydrogen-bond acceptors (Lipinski definition) is 2. The molecule has 0 atom stereocenters. The Morgan fingerprint density at radius 2 is 1.62 bits per heavy atom. The Morgan fingerprint density at radius 1 is 1.15 bits per heavy atom. The van der Waals surface area contributed by atoms with Gasteiger partial charge in [-0.3, -0.25) is 0 Å². The van der Waals surface area contributed by atoms with Gasteiger partial charge in [0.25, 0.3) is 0 Å². The first kappa shape index (κ1) is 15.0. The fourth-order valence-corrected chi connectivity index (χ4v) is 0.670. The molecule has 0 saturated carbocycles. The van der Waals surface area contributed by atoms with Crippen LogP contribution in [-0.4, -0.2) is 43.5 Å². The number of allylic oxidation sites excluding steroid dienone is 1. The Hall–Kier alpha value is -0.500. The van der Waals surface area contributed by atoms with Crippen molar-refractivity contribution in [3.05, 3.63) is 12.3 Å². The predicted octanol–water partition coefficient (Wildman–Crippen LogP) is 2.43. The van der Waals surface area contributed by atoms with Gasteiger partial charge >= 0.3 is 0 Å². The molecule has 80 valence electrons. The minimum Gasteiger partial charge on any atom is -0.377 e. The maximum Gasteiger partial charge on any atom is 0.0299 e. The smallest absolute Gasteiger partial charge is 0.0299 e. The molecule has 0 heterocycles. The van der Waals surface area contributed by atoms with E-state index in [1.54, 1.807) is 0 Å². The zero-order valence-corrected chi connectivity index (χ0v) is 10.2. The molecule has 0 N–H and O–H groups in total. The Bertz CT molecular complexity index is 121. The predicted molar refractivity (Wildman–Crippen MR) is 62.0 cm³/mol. The highest BCUT2D eigenvalue weighted by atomic mass is 15.2. The second-order valence-corrected chi connectivity index (χ2v) is 3.05. The van der Waals surface area contributed by atoms with Crippen molar-refractivity contribution in [3.8, 4) is 0 Å². The molecule has 0 aromatic heterocycles. The van der Waals surface area contributed by atoms with Gasteiger partial charge in [-0.2, -0.15) is 0 Å².